The van der Waals surface area contributed by atoms with Crippen molar-refractivity contribution in [1.82, 2.24) is 4.90 Å². The van der Waals surface area contributed by atoms with Gasteiger partial charge in [0.15, 0.2) is 0 Å². The Morgan fingerprint density at radius 3 is 2.55 bits per heavy atom. The predicted octanol–water partition coefficient (Wildman–Crippen LogP) is 2.81. The van der Waals surface area contributed by atoms with Crippen molar-refractivity contribution >= 4 is 17.5 Å². The van der Waals surface area contributed by atoms with E-state index in [0.717, 1.165) is 25.7 Å². The number of anilines is 1. The first-order valence-corrected chi connectivity index (χ1v) is 7.82. The van der Waals surface area contributed by atoms with Crippen molar-refractivity contribution in [1.29, 1.82) is 0 Å². The Hall–Kier alpha value is -2.04. The standard InChI is InChI=1S/C17H24N2O3/c1-13(20)19(14-8-4-3-5-9-14)12-17(21)18-15-10-6-7-11-16(15)22-2/h6-7,10-11,14H,3-5,8-9,12H2,1-2H3,(H,18,21). The molecule has 1 saturated carbocycles. The van der Waals surface area contributed by atoms with Crippen LogP contribution in [-0.4, -0.2) is 36.4 Å². The highest BCUT2D eigenvalue weighted by Gasteiger charge is 2.25. The summed E-state index contributed by atoms with van der Waals surface area (Å²) in [4.78, 5) is 25.9. The van der Waals surface area contributed by atoms with Crippen molar-refractivity contribution in [3.05, 3.63) is 24.3 Å². The van der Waals surface area contributed by atoms with Crippen molar-refractivity contribution < 1.29 is 14.3 Å². The minimum Gasteiger partial charge on any atom is -0.495 e. The molecule has 1 aromatic rings. The van der Waals surface area contributed by atoms with Crippen LogP contribution in [0, 0.1) is 0 Å². The Balaban J connectivity index is 2.00. The van der Waals surface area contributed by atoms with E-state index in [-0.39, 0.29) is 24.4 Å². The highest BCUT2D eigenvalue weighted by Crippen LogP contribution is 2.24. The Bertz CT molecular complexity index is 524. The van der Waals surface area contributed by atoms with Crippen LogP contribution < -0.4 is 10.1 Å². The van der Waals surface area contributed by atoms with Crippen LogP contribution in [0.25, 0.3) is 0 Å². The molecular formula is C17H24N2O3. The van der Waals surface area contributed by atoms with Crippen LogP contribution in [0.5, 0.6) is 5.75 Å². The lowest BCUT2D eigenvalue weighted by Crippen LogP contribution is -2.44. The number of rotatable bonds is 5. The van der Waals surface area contributed by atoms with Crippen LogP contribution in [0.1, 0.15) is 39.0 Å². The SMILES string of the molecule is COc1ccccc1NC(=O)CN(C(C)=O)C1CCCCC1. The Morgan fingerprint density at radius 1 is 1.23 bits per heavy atom. The van der Waals surface area contributed by atoms with E-state index < -0.39 is 0 Å². The molecule has 0 saturated heterocycles. The van der Waals surface area contributed by atoms with E-state index in [0.29, 0.717) is 11.4 Å². The van der Waals surface area contributed by atoms with Crippen molar-refractivity contribution in [2.24, 2.45) is 0 Å². The number of hydrogen-bond acceptors (Lipinski definition) is 3. The molecule has 5 heteroatoms. The quantitative estimate of drug-likeness (QED) is 0.910. The van der Waals surface area contributed by atoms with Gasteiger partial charge in [0.1, 0.15) is 12.3 Å². The summed E-state index contributed by atoms with van der Waals surface area (Å²) in [5.74, 6) is 0.384. The van der Waals surface area contributed by atoms with Crippen LogP contribution in [0.15, 0.2) is 24.3 Å². The molecule has 0 heterocycles. The van der Waals surface area contributed by atoms with E-state index in [1.54, 1.807) is 24.1 Å². The third-order valence-electron chi connectivity index (χ3n) is 4.11. The summed E-state index contributed by atoms with van der Waals surface area (Å²) in [6, 6.07) is 7.45. The smallest absolute Gasteiger partial charge is 0.244 e. The third kappa shape index (κ3) is 4.23. The van der Waals surface area contributed by atoms with Gasteiger partial charge in [0.25, 0.3) is 0 Å². The van der Waals surface area contributed by atoms with Crippen LogP contribution >= 0.6 is 0 Å². The first-order valence-electron chi connectivity index (χ1n) is 7.82. The first kappa shape index (κ1) is 16.3. The summed E-state index contributed by atoms with van der Waals surface area (Å²) in [6.07, 6.45) is 5.45. The summed E-state index contributed by atoms with van der Waals surface area (Å²) in [6.45, 7) is 1.63. The van der Waals surface area contributed by atoms with Gasteiger partial charge in [-0.15, -0.1) is 0 Å². The second-order valence-corrected chi connectivity index (χ2v) is 5.69. The van der Waals surface area contributed by atoms with E-state index in [9.17, 15) is 9.59 Å². The summed E-state index contributed by atoms with van der Waals surface area (Å²) in [5, 5.41) is 2.83. The predicted molar refractivity (Wildman–Crippen MR) is 85.9 cm³/mol. The number of benzene rings is 1. The molecule has 2 rings (SSSR count). The molecule has 0 aliphatic heterocycles. The maximum Gasteiger partial charge on any atom is 0.244 e. The fourth-order valence-electron chi connectivity index (χ4n) is 2.98. The minimum absolute atomic E-state index is 0.0397. The minimum atomic E-state index is -0.190. The molecule has 1 aliphatic carbocycles. The fourth-order valence-corrected chi connectivity index (χ4v) is 2.98. The number of para-hydroxylation sites is 2. The molecule has 0 atom stereocenters. The number of hydrogen-bond donors (Lipinski definition) is 1. The molecule has 120 valence electrons. The molecule has 0 aromatic heterocycles. The first-order chi connectivity index (χ1) is 10.6. The number of methoxy groups -OCH3 is 1. The largest absolute Gasteiger partial charge is 0.495 e. The summed E-state index contributed by atoms with van der Waals surface area (Å²) >= 11 is 0. The lowest BCUT2D eigenvalue weighted by atomic mass is 9.94. The summed E-state index contributed by atoms with van der Waals surface area (Å²) in [7, 11) is 1.56. The molecule has 22 heavy (non-hydrogen) atoms. The van der Waals surface area contributed by atoms with Gasteiger partial charge in [0, 0.05) is 13.0 Å². The Morgan fingerprint density at radius 2 is 1.91 bits per heavy atom. The molecule has 1 aliphatic rings. The molecule has 0 spiro atoms. The maximum absolute atomic E-state index is 12.3. The molecular weight excluding hydrogens is 280 g/mol. The van der Waals surface area contributed by atoms with E-state index in [2.05, 4.69) is 5.32 Å². The lowest BCUT2D eigenvalue weighted by molar-refractivity contribution is -0.135. The Labute approximate surface area is 131 Å². The molecule has 2 amide bonds. The van der Waals surface area contributed by atoms with Gasteiger partial charge in [-0.1, -0.05) is 31.4 Å². The molecule has 5 nitrogen and oxygen atoms in total. The van der Waals surface area contributed by atoms with E-state index in [1.807, 2.05) is 12.1 Å². The van der Waals surface area contributed by atoms with Crippen molar-refractivity contribution in [2.45, 2.75) is 45.1 Å². The highest BCUT2D eigenvalue weighted by molar-refractivity contribution is 5.95. The topological polar surface area (TPSA) is 58.6 Å². The van der Waals surface area contributed by atoms with Gasteiger partial charge in [-0.2, -0.15) is 0 Å². The lowest BCUT2D eigenvalue weighted by Gasteiger charge is -2.33. The molecule has 1 N–H and O–H groups in total. The second-order valence-electron chi connectivity index (χ2n) is 5.69. The number of ether oxygens (including phenoxy) is 1. The molecule has 1 aromatic carbocycles. The Kier molecular flexibility index (Phi) is 5.81. The fraction of sp³-hybridized carbons (Fsp3) is 0.529. The van der Waals surface area contributed by atoms with E-state index in [4.69, 9.17) is 4.74 Å². The molecule has 1 fully saturated rings. The van der Waals surface area contributed by atoms with E-state index >= 15 is 0 Å². The average Bonchev–Trinajstić information content (AvgIpc) is 2.53. The van der Waals surface area contributed by atoms with Crippen molar-refractivity contribution in [3.63, 3.8) is 0 Å². The zero-order chi connectivity index (χ0) is 15.9. The normalized spacial score (nSPS) is 15.2. The molecule has 0 unspecified atom stereocenters. The van der Waals surface area contributed by atoms with E-state index in [1.165, 1.54) is 13.3 Å². The number of carbonyl (C=O) groups excluding carboxylic acids is 2. The zero-order valence-corrected chi connectivity index (χ0v) is 13.3. The molecule has 0 bridgehead atoms. The maximum atomic E-state index is 12.3. The number of nitrogens with zero attached hydrogens (tertiary/aromatic N) is 1. The van der Waals surface area contributed by atoms with Gasteiger partial charge >= 0.3 is 0 Å². The summed E-state index contributed by atoms with van der Waals surface area (Å²) in [5.41, 5.74) is 0.627. The zero-order valence-electron chi connectivity index (χ0n) is 13.3. The van der Waals surface area contributed by atoms with Crippen LogP contribution in [-0.2, 0) is 9.59 Å². The van der Waals surface area contributed by atoms with Crippen LogP contribution in [0.4, 0.5) is 5.69 Å². The van der Waals surface area contributed by atoms with Gasteiger partial charge in [0.2, 0.25) is 11.8 Å². The molecule has 0 radical (unpaired) electrons. The van der Waals surface area contributed by atoms with Crippen molar-refractivity contribution in [2.75, 3.05) is 19.0 Å². The van der Waals surface area contributed by atoms with Gasteiger partial charge in [0.05, 0.1) is 12.8 Å². The van der Waals surface area contributed by atoms with Gasteiger partial charge in [-0.3, -0.25) is 9.59 Å². The third-order valence-corrected chi connectivity index (χ3v) is 4.11. The van der Waals surface area contributed by atoms with Gasteiger partial charge in [-0.05, 0) is 25.0 Å². The average molecular weight is 304 g/mol. The van der Waals surface area contributed by atoms with Crippen LogP contribution in [0.3, 0.4) is 0 Å². The van der Waals surface area contributed by atoms with Gasteiger partial charge in [-0.25, -0.2) is 0 Å². The highest BCUT2D eigenvalue weighted by atomic mass is 16.5. The number of nitrogens with one attached hydrogen (secondary N) is 1. The van der Waals surface area contributed by atoms with Gasteiger partial charge < -0.3 is 15.0 Å². The second kappa shape index (κ2) is 7.82. The van der Waals surface area contributed by atoms with Crippen LogP contribution in [0.2, 0.25) is 0 Å². The number of amides is 2. The van der Waals surface area contributed by atoms with Crippen molar-refractivity contribution in [3.8, 4) is 5.75 Å². The number of carbonyl (C=O) groups is 2. The summed E-state index contributed by atoms with van der Waals surface area (Å²) < 4.78 is 5.22. The monoisotopic (exact) mass is 304 g/mol.